The van der Waals surface area contributed by atoms with Crippen molar-refractivity contribution in [3.05, 3.63) is 158 Å². The van der Waals surface area contributed by atoms with Crippen molar-refractivity contribution in [2.75, 3.05) is 13.2 Å². The molecule has 83 heavy (non-hydrogen) atoms. The van der Waals surface area contributed by atoms with Gasteiger partial charge in [0, 0.05) is 19.3 Å². The van der Waals surface area contributed by atoms with Crippen LogP contribution in [0.3, 0.4) is 0 Å². The van der Waals surface area contributed by atoms with Crippen LogP contribution in [0.1, 0.15) is 290 Å². The van der Waals surface area contributed by atoms with E-state index in [1.54, 1.807) is 0 Å². The lowest BCUT2D eigenvalue weighted by atomic mass is 10.0. The van der Waals surface area contributed by atoms with E-state index in [0.29, 0.717) is 19.3 Å². The number of carbonyl (C=O) groups excluding carboxylic acids is 3. The van der Waals surface area contributed by atoms with Crippen LogP contribution in [0.2, 0.25) is 0 Å². The van der Waals surface area contributed by atoms with Gasteiger partial charge >= 0.3 is 17.9 Å². The third-order valence-corrected chi connectivity index (χ3v) is 14.0. The Morgan fingerprint density at radius 3 is 0.759 bits per heavy atom. The van der Waals surface area contributed by atoms with Gasteiger partial charge in [-0.05, 0) is 128 Å². The molecule has 1 unspecified atom stereocenters. The molecule has 0 heterocycles. The second-order valence-electron chi connectivity index (χ2n) is 22.0. The second-order valence-corrected chi connectivity index (χ2v) is 22.0. The van der Waals surface area contributed by atoms with Gasteiger partial charge in [-0.25, -0.2) is 0 Å². The molecule has 0 fully saturated rings. The van der Waals surface area contributed by atoms with Gasteiger partial charge in [-0.3, -0.25) is 14.4 Å². The van der Waals surface area contributed by atoms with Gasteiger partial charge in [0.15, 0.2) is 6.10 Å². The molecule has 6 heteroatoms. The quantitative estimate of drug-likeness (QED) is 0.0261. The Hall–Kier alpha value is -4.97. The SMILES string of the molecule is CC/C=C\C/C=C\C/C=C\C/C=C\C/C=C\C/C=C\C/C=C\C/C=C\CCCCC(=O)OC(COC(=O)CCCCCCCCC)COC(=O)CCCCCCCCCCCCCCCCC/C=C\C/C=C\C/C=C\C/C=C\C/C=C\CC. The third-order valence-electron chi connectivity index (χ3n) is 14.0. The maximum atomic E-state index is 12.9. The predicted octanol–water partition coefficient (Wildman–Crippen LogP) is 23.7. The molecule has 0 amide bonds. The van der Waals surface area contributed by atoms with Crippen molar-refractivity contribution in [2.24, 2.45) is 0 Å². The molecule has 0 aliphatic heterocycles. The van der Waals surface area contributed by atoms with Gasteiger partial charge in [0.2, 0.25) is 0 Å². The van der Waals surface area contributed by atoms with Crippen LogP contribution >= 0.6 is 0 Å². The first-order valence-corrected chi connectivity index (χ1v) is 34.0. The van der Waals surface area contributed by atoms with Crippen LogP contribution < -0.4 is 0 Å². The van der Waals surface area contributed by atoms with Gasteiger partial charge in [-0.1, -0.05) is 301 Å². The van der Waals surface area contributed by atoms with Gasteiger partial charge in [-0.2, -0.15) is 0 Å². The number of hydrogen-bond donors (Lipinski definition) is 0. The summed E-state index contributed by atoms with van der Waals surface area (Å²) in [5.41, 5.74) is 0. The molecule has 0 radical (unpaired) electrons. The average molecular weight is 1150 g/mol. The first-order chi connectivity index (χ1) is 41.0. The zero-order chi connectivity index (χ0) is 59.9. The molecule has 468 valence electrons. The van der Waals surface area contributed by atoms with Crippen molar-refractivity contribution < 1.29 is 28.6 Å². The molecule has 0 rings (SSSR count). The second kappa shape index (κ2) is 69.5. The van der Waals surface area contributed by atoms with Crippen molar-refractivity contribution >= 4 is 17.9 Å². The summed E-state index contributed by atoms with van der Waals surface area (Å²) >= 11 is 0. The van der Waals surface area contributed by atoms with Crippen LogP contribution in [0, 0.1) is 0 Å². The van der Waals surface area contributed by atoms with E-state index in [2.05, 4.69) is 179 Å². The maximum absolute atomic E-state index is 12.9. The van der Waals surface area contributed by atoms with E-state index >= 15 is 0 Å². The van der Waals surface area contributed by atoms with Gasteiger partial charge in [-0.15, -0.1) is 0 Å². The van der Waals surface area contributed by atoms with Crippen molar-refractivity contribution in [3.63, 3.8) is 0 Å². The Balaban J connectivity index is 4.19. The molecule has 0 aliphatic rings. The number of esters is 3. The summed E-state index contributed by atoms with van der Waals surface area (Å²) in [6.45, 7) is 6.34. The van der Waals surface area contributed by atoms with Crippen LogP contribution in [-0.4, -0.2) is 37.2 Å². The highest BCUT2D eigenvalue weighted by Gasteiger charge is 2.19. The van der Waals surface area contributed by atoms with Gasteiger partial charge < -0.3 is 14.2 Å². The smallest absolute Gasteiger partial charge is 0.306 e. The molecule has 0 aromatic rings. The highest BCUT2D eigenvalue weighted by Crippen LogP contribution is 2.16. The number of allylic oxidation sites excluding steroid dienone is 26. The molecular formula is C77H124O6. The van der Waals surface area contributed by atoms with Crippen LogP contribution in [0.4, 0.5) is 0 Å². The van der Waals surface area contributed by atoms with Crippen LogP contribution in [-0.2, 0) is 28.6 Å². The number of carbonyl (C=O) groups is 3. The van der Waals surface area contributed by atoms with Gasteiger partial charge in [0.25, 0.3) is 0 Å². The topological polar surface area (TPSA) is 78.9 Å². The van der Waals surface area contributed by atoms with Crippen molar-refractivity contribution in [3.8, 4) is 0 Å². The lowest BCUT2D eigenvalue weighted by molar-refractivity contribution is -0.167. The van der Waals surface area contributed by atoms with Crippen LogP contribution in [0.5, 0.6) is 0 Å². The molecule has 0 aromatic heterocycles. The zero-order valence-electron chi connectivity index (χ0n) is 53.7. The number of ether oxygens (including phenoxy) is 3. The van der Waals surface area contributed by atoms with E-state index in [-0.39, 0.29) is 37.5 Å². The number of rotatable bonds is 60. The van der Waals surface area contributed by atoms with Crippen molar-refractivity contribution in [1.29, 1.82) is 0 Å². The fraction of sp³-hybridized carbons (Fsp3) is 0.623. The summed E-state index contributed by atoms with van der Waals surface area (Å²) in [5.74, 6) is -0.950. The Morgan fingerprint density at radius 1 is 0.253 bits per heavy atom. The first kappa shape index (κ1) is 78.0. The predicted molar refractivity (Wildman–Crippen MR) is 362 cm³/mol. The Bertz CT molecular complexity index is 1840. The van der Waals surface area contributed by atoms with E-state index in [0.717, 1.165) is 135 Å². The van der Waals surface area contributed by atoms with Crippen molar-refractivity contribution in [1.82, 2.24) is 0 Å². The van der Waals surface area contributed by atoms with Crippen molar-refractivity contribution in [2.45, 2.75) is 297 Å². The molecule has 0 saturated heterocycles. The summed E-state index contributed by atoms with van der Waals surface area (Å²) in [5, 5.41) is 0. The van der Waals surface area contributed by atoms with E-state index < -0.39 is 6.10 Å². The minimum atomic E-state index is -0.805. The minimum absolute atomic E-state index is 0.0990. The molecule has 0 bridgehead atoms. The largest absolute Gasteiger partial charge is 0.462 e. The summed E-state index contributed by atoms with van der Waals surface area (Å²) < 4.78 is 16.8. The minimum Gasteiger partial charge on any atom is -0.462 e. The van der Waals surface area contributed by atoms with E-state index in [4.69, 9.17) is 14.2 Å². The summed E-state index contributed by atoms with van der Waals surface area (Å²) in [4.78, 5) is 38.1. The molecule has 0 spiro atoms. The van der Waals surface area contributed by atoms with Gasteiger partial charge in [0.05, 0.1) is 0 Å². The Labute approximate surface area is 511 Å². The lowest BCUT2D eigenvalue weighted by Crippen LogP contribution is -2.30. The maximum Gasteiger partial charge on any atom is 0.306 e. The highest BCUT2D eigenvalue weighted by atomic mass is 16.6. The Kier molecular flexibility index (Phi) is 65.4. The van der Waals surface area contributed by atoms with Crippen LogP contribution in [0.25, 0.3) is 0 Å². The first-order valence-electron chi connectivity index (χ1n) is 34.0. The molecular weight excluding hydrogens is 1020 g/mol. The normalized spacial score (nSPS) is 13.1. The summed E-state index contributed by atoms with van der Waals surface area (Å²) in [6.07, 6.45) is 101. The summed E-state index contributed by atoms with van der Waals surface area (Å²) in [7, 11) is 0. The Morgan fingerprint density at radius 2 is 0.470 bits per heavy atom. The zero-order valence-corrected chi connectivity index (χ0v) is 53.7. The number of hydrogen-bond acceptors (Lipinski definition) is 6. The van der Waals surface area contributed by atoms with E-state index in [9.17, 15) is 14.4 Å². The fourth-order valence-corrected chi connectivity index (χ4v) is 9.01. The molecule has 0 saturated carbocycles. The highest BCUT2D eigenvalue weighted by molar-refractivity contribution is 5.71. The fourth-order valence-electron chi connectivity index (χ4n) is 9.01. The number of unbranched alkanes of at least 4 members (excludes halogenated alkanes) is 23. The van der Waals surface area contributed by atoms with Gasteiger partial charge in [0.1, 0.15) is 13.2 Å². The molecule has 0 N–H and O–H groups in total. The van der Waals surface area contributed by atoms with Crippen LogP contribution in [0.15, 0.2) is 158 Å². The molecule has 0 aliphatic carbocycles. The molecule has 0 aromatic carbocycles. The standard InChI is InChI=1S/C77H124O6/c1-4-7-10-13-16-18-20-22-24-26-28-30-32-34-36-37-38-39-41-42-44-46-48-50-52-54-56-58-61-64-67-70-76(79)82-73-74(72-81-75(78)69-66-63-60-15-12-9-6-3)83-77(80)71-68-65-62-59-57-55-53-51-49-47-45-43-40-35-33-31-29-27-25-23-21-19-17-14-11-8-5-2/h7-8,10-11,16-19,22-25,28-31,34-36,40,45,47,51,53,57,59,74H,4-6,9,12-15,20-21,26-27,32-33,37-39,41-44,46,48-50,52,54-56,58,60-73H2,1-3H3/b10-7-,11-8-,18-16-,19-17-,24-22-,25-23-,30-28-,31-29-,36-34-,40-35-,47-45-,53-51-,59-57-. The molecule has 1 atom stereocenters. The van der Waals surface area contributed by atoms with E-state index in [1.165, 1.54) is 109 Å². The monoisotopic (exact) mass is 1140 g/mol. The summed E-state index contributed by atoms with van der Waals surface area (Å²) in [6, 6.07) is 0. The average Bonchev–Trinajstić information content (AvgIpc) is 3.49. The lowest BCUT2D eigenvalue weighted by Gasteiger charge is -2.18. The third kappa shape index (κ3) is 67.7. The van der Waals surface area contributed by atoms with E-state index in [1.807, 2.05) is 0 Å². The molecule has 6 nitrogen and oxygen atoms in total.